The fraction of sp³-hybridized carbons (Fsp3) is 0.524. The van der Waals surface area contributed by atoms with Gasteiger partial charge in [0, 0.05) is 32.6 Å². The van der Waals surface area contributed by atoms with E-state index in [0.29, 0.717) is 38.3 Å². The molecule has 27 heavy (non-hydrogen) atoms. The third-order valence-corrected chi connectivity index (χ3v) is 5.83. The van der Waals surface area contributed by atoms with Crippen LogP contribution in [-0.4, -0.2) is 57.8 Å². The minimum atomic E-state index is -0.105. The van der Waals surface area contributed by atoms with Gasteiger partial charge < -0.3 is 9.80 Å². The van der Waals surface area contributed by atoms with Gasteiger partial charge in [-0.15, -0.1) is 0 Å². The van der Waals surface area contributed by atoms with Crippen molar-refractivity contribution in [2.75, 3.05) is 26.2 Å². The molecule has 142 valence electrons. The number of carbonyl (C=O) groups excluding carboxylic acids is 2. The van der Waals surface area contributed by atoms with Crippen molar-refractivity contribution in [3.05, 3.63) is 36.2 Å². The molecule has 2 aliphatic rings. The first-order valence-electron chi connectivity index (χ1n) is 9.99. The van der Waals surface area contributed by atoms with E-state index < -0.39 is 0 Å². The predicted octanol–water partition coefficient (Wildman–Crippen LogP) is 2.88. The average Bonchev–Trinajstić information content (AvgIpc) is 3.25. The predicted molar refractivity (Wildman–Crippen MR) is 103 cm³/mol. The molecule has 0 spiro atoms. The number of piperazine rings is 1. The van der Waals surface area contributed by atoms with E-state index in [9.17, 15) is 9.59 Å². The highest BCUT2D eigenvalue weighted by atomic mass is 16.2. The zero-order valence-electron chi connectivity index (χ0n) is 15.6. The number of hydrogen-bond acceptors (Lipinski definition) is 4. The van der Waals surface area contributed by atoms with Gasteiger partial charge in [-0.3, -0.25) is 14.6 Å². The fourth-order valence-corrected chi connectivity index (χ4v) is 4.17. The molecule has 0 radical (unpaired) electrons. The summed E-state index contributed by atoms with van der Waals surface area (Å²) in [5.74, 6) is 0.870. The number of rotatable bonds is 4. The highest BCUT2D eigenvalue weighted by Gasteiger charge is 2.26. The lowest BCUT2D eigenvalue weighted by Gasteiger charge is -2.34. The summed E-state index contributed by atoms with van der Waals surface area (Å²) in [6, 6.07) is 7.54. The van der Waals surface area contributed by atoms with Gasteiger partial charge in [-0.1, -0.05) is 37.8 Å². The van der Waals surface area contributed by atoms with E-state index in [1.165, 1.54) is 25.7 Å². The van der Waals surface area contributed by atoms with Crippen LogP contribution >= 0.6 is 0 Å². The van der Waals surface area contributed by atoms with Crippen LogP contribution in [0.5, 0.6) is 0 Å². The average molecular weight is 366 g/mol. The Labute approximate surface area is 159 Å². The lowest BCUT2D eigenvalue weighted by molar-refractivity contribution is -0.133. The molecule has 1 aliphatic heterocycles. The van der Waals surface area contributed by atoms with E-state index in [-0.39, 0.29) is 11.8 Å². The molecule has 1 aliphatic carbocycles. The molecule has 1 saturated carbocycles. The second-order valence-corrected chi connectivity index (χ2v) is 7.61. The maximum atomic E-state index is 12.7. The van der Waals surface area contributed by atoms with E-state index in [1.54, 1.807) is 11.1 Å². The van der Waals surface area contributed by atoms with Crippen molar-refractivity contribution in [1.29, 1.82) is 0 Å². The summed E-state index contributed by atoms with van der Waals surface area (Å²) in [6.45, 7) is 2.33. The Hall–Kier alpha value is -2.50. The van der Waals surface area contributed by atoms with Crippen molar-refractivity contribution >= 4 is 22.8 Å². The Bertz CT molecular complexity index is 824. The maximum Gasteiger partial charge on any atom is 0.274 e. The fourth-order valence-electron chi connectivity index (χ4n) is 4.17. The van der Waals surface area contributed by atoms with Crippen molar-refractivity contribution in [3.63, 3.8) is 0 Å². The van der Waals surface area contributed by atoms with Crippen molar-refractivity contribution in [2.45, 2.75) is 38.5 Å². The van der Waals surface area contributed by atoms with Crippen LogP contribution in [0.1, 0.15) is 49.0 Å². The number of aromatic nitrogens is 2. The van der Waals surface area contributed by atoms with Crippen LogP contribution in [0.3, 0.4) is 0 Å². The summed E-state index contributed by atoms with van der Waals surface area (Å²) in [7, 11) is 0. The third-order valence-electron chi connectivity index (χ3n) is 5.83. The summed E-state index contributed by atoms with van der Waals surface area (Å²) in [4.78, 5) is 37.6. The van der Waals surface area contributed by atoms with Crippen LogP contribution in [0.4, 0.5) is 0 Å². The normalized spacial score (nSPS) is 18.2. The first-order valence-corrected chi connectivity index (χ1v) is 9.99. The lowest BCUT2D eigenvalue weighted by atomic mass is 10.0. The monoisotopic (exact) mass is 366 g/mol. The Kier molecular flexibility index (Phi) is 5.32. The van der Waals surface area contributed by atoms with Crippen molar-refractivity contribution < 1.29 is 9.59 Å². The molecule has 2 fully saturated rings. The Morgan fingerprint density at radius 3 is 2.37 bits per heavy atom. The lowest BCUT2D eigenvalue weighted by Crippen LogP contribution is -2.50. The molecular weight excluding hydrogens is 340 g/mol. The highest BCUT2D eigenvalue weighted by Crippen LogP contribution is 2.28. The summed E-state index contributed by atoms with van der Waals surface area (Å²) < 4.78 is 0. The van der Waals surface area contributed by atoms with Crippen LogP contribution in [0.2, 0.25) is 0 Å². The molecule has 2 amide bonds. The quantitative estimate of drug-likeness (QED) is 0.834. The van der Waals surface area contributed by atoms with E-state index in [1.807, 2.05) is 29.2 Å². The van der Waals surface area contributed by atoms with Crippen LogP contribution in [0.15, 0.2) is 30.5 Å². The van der Waals surface area contributed by atoms with Crippen LogP contribution < -0.4 is 0 Å². The van der Waals surface area contributed by atoms with Crippen molar-refractivity contribution in [1.82, 2.24) is 19.8 Å². The molecule has 1 saturated heterocycles. The number of benzene rings is 1. The van der Waals surface area contributed by atoms with Crippen LogP contribution in [0.25, 0.3) is 11.0 Å². The topological polar surface area (TPSA) is 66.4 Å². The second-order valence-electron chi connectivity index (χ2n) is 7.61. The van der Waals surface area contributed by atoms with Gasteiger partial charge in [-0.2, -0.15) is 0 Å². The zero-order valence-corrected chi connectivity index (χ0v) is 15.6. The maximum absolute atomic E-state index is 12.7. The van der Waals surface area contributed by atoms with E-state index >= 15 is 0 Å². The van der Waals surface area contributed by atoms with E-state index in [2.05, 4.69) is 9.97 Å². The molecule has 6 nitrogen and oxygen atoms in total. The van der Waals surface area contributed by atoms with Crippen LogP contribution in [0, 0.1) is 5.92 Å². The molecule has 6 heteroatoms. The first-order chi connectivity index (χ1) is 13.2. The molecule has 1 aromatic heterocycles. The van der Waals surface area contributed by atoms with Gasteiger partial charge in [0.05, 0.1) is 17.2 Å². The summed E-state index contributed by atoms with van der Waals surface area (Å²) in [6.07, 6.45) is 8.41. The zero-order chi connectivity index (χ0) is 18.6. The van der Waals surface area contributed by atoms with Gasteiger partial charge in [0.2, 0.25) is 5.91 Å². The van der Waals surface area contributed by atoms with Gasteiger partial charge in [0.25, 0.3) is 5.91 Å². The van der Waals surface area contributed by atoms with Gasteiger partial charge in [0.15, 0.2) is 0 Å². The second kappa shape index (κ2) is 8.03. The number of fused-ring (bicyclic) bond motifs is 1. The largest absolute Gasteiger partial charge is 0.339 e. The molecular formula is C21H26N4O2. The molecule has 0 N–H and O–H groups in total. The van der Waals surface area contributed by atoms with Crippen molar-refractivity contribution in [2.24, 2.45) is 5.92 Å². The SMILES string of the molecule is O=C(CCC1CCCC1)N1CCN(C(=O)c2cnc3ccccc3n2)CC1. The third kappa shape index (κ3) is 4.10. The molecule has 1 aromatic carbocycles. The minimum Gasteiger partial charge on any atom is -0.339 e. The van der Waals surface area contributed by atoms with Gasteiger partial charge >= 0.3 is 0 Å². The Balaban J connectivity index is 1.31. The highest BCUT2D eigenvalue weighted by molar-refractivity contribution is 5.94. The molecule has 2 aromatic rings. The minimum absolute atomic E-state index is 0.105. The summed E-state index contributed by atoms with van der Waals surface area (Å²) in [5.41, 5.74) is 1.88. The number of nitrogens with zero attached hydrogens (tertiary/aromatic N) is 4. The Morgan fingerprint density at radius 2 is 1.63 bits per heavy atom. The van der Waals surface area contributed by atoms with Gasteiger partial charge in [-0.25, -0.2) is 4.98 Å². The molecule has 0 atom stereocenters. The number of carbonyl (C=O) groups is 2. The van der Waals surface area contributed by atoms with Crippen LogP contribution in [-0.2, 0) is 4.79 Å². The molecule has 0 bridgehead atoms. The summed E-state index contributed by atoms with van der Waals surface area (Å²) in [5, 5.41) is 0. The molecule has 2 heterocycles. The molecule has 4 rings (SSSR count). The number of amides is 2. The number of para-hydroxylation sites is 2. The van der Waals surface area contributed by atoms with Gasteiger partial charge in [-0.05, 0) is 24.5 Å². The Morgan fingerprint density at radius 1 is 0.963 bits per heavy atom. The summed E-state index contributed by atoms with van der Waals surface area (Å²) >= 11 is 0. The van der Waals surface area contributed by atoms with E-state index in [0.717, 1.165) is 23.4 Å². The van der Waals surface area contributed by atoms with Gasteiger partial charge in [0.1, 0.15) is 5.69 Å². The number of hydrogen-bond donors (Lipinski definition) is 0. The first kappa shape index (κ1) is 17.9. The standard InChI is InChI=1S/C21H26N4O2/c26-20(10-9-16-5-1-2-6-16)24-11-13-25(14-12-24)21(27)19-15-22-17-7-3-4-8-18(17)23-19/h3-4,7-8,15-16H,1-2,5-6,9-14H2. The van der Waals surface area contributed by atoms with Crippen molar-refractivity contribution in [3.8, 4) is 0 Å². The van der Waals surface area contributed by atoms with E-state index in [4.69, 9.17) is 0 Å². The smallest absolute Gasteiger partial charge is 0.274 e. The molecule has 0 unspecified atom stereocenters.